The molecule has 19 heavy (non-hydrogen) atoms. The third kappa shape index (κ3) is 4.18. The van der Waals surface area contributed by atoms with Gasteiger partial charge in [-0.15, -0.1) is 0 Å². The molecule has 0 saturated heterocycles. The average molecular weight is 305 g/mol. The van der Waals surface area contributed by atoms with Crippen LogP contribution >= 0.6 is 11.6 Å². The second-order valence-corrected chi connectivity index (χ2v) is 7.63. The van der Waals surface area contributed by atoms with Gasteiger partial charge >= 0.3 is 0 Å². The molecular weight excluding hydrogens is 284 g/mol. The Morgan fingerprint density at radius 1 is 1.26 bits per heavy atom. The first-order valence-electron chi connectivity index (χ1n) is 6.19. The van der Waals surface area contributed by atoms with E-state index in [2.05, 4.69) is 0 Å². The van der Waals surface area contributed by atoms with Gasteiger partial charge in [-0.1, -0.05) is 32.4 Å². The molecule has 4 nitrogen and oxygen atoms in total. The smallest absolute Gasteiger partial charge is 0.243 e. The van der Waals surface area contributed by atoms with E-state index in [9.17, 15) is 8.42 Å². The average Bonchev–Trinajstić information content (AvgIpc) is 2.36. The molecule has 108 valence electrons. The largest absolute Gasteiger partial charge is 0.330 e. The number of hydrogen-bond acceptors (Lipinski definition) is 3. The topological polar surface area (TPSA) is 63.4 Å². The maximum absolute atomic E-state index is 12.5. The van der Waals surface area contributed by atoms with Crippen LogP contribution in [-0.2, 0) is 10.0 Å². The number of hydrogen-bond donors (Lipinski definition) is 1. The molecule has 0 bridgehead atoms. The fraction of sp³-hybridized carbons (Fsp3) is 0.538. The van der Waals surface area contributed by atoms with Crippen molar-refractivity contribution in [3.63, 3.8) is 0 Å². The highest BCUT2D eigenvalue weighted by Crippen LogP contribution is 2.22. The van der Waals surface area contributed by atoms with Gasteiger partial charge in [-0.25, -0.2) is 8.42 Å². The summed E-state index contributed by atoms with van der Waals surface area (Å²) in [4.78, 5) is 0.256. The van der Waals surface area contributed by atoms with Gasteiger partial charge in [0.25, 0.3) is 0 Å². The molecule has 0 saturated carbocycles. The first-order chi connectivity index (χ1) is 8.73. The molecule has 0 aromatic heterocycles. The van der Waals surface area contributed by atoms with Crippen LogP contribution in [0.5, 0.6) is 0 Å². The van der Waals surface area contributed by atoms with Crippen molar-refractivity contribution >= 4 is 21.6 Å². The summed E-state index contributed by atoms with van der Waals surface area (Å²) in [5.41, 5.74) is 5.42. The van der Waals surface area contributed by atoms with E-state index in [-0.39, 0.29) is 10.3 Å². The zero-order valence-corrected chi connectivity index (χ0v) is 13.1. The Bertz CT molecular complexity index is 512. The van der Waals surface area contributed by atoms with Gasteiger partial charge in [-0.3, -0.25) is 0 Å². The second-order valence-electron chi connectivity index (χ2n) is 5.25. The molecule has 0 fully saturated rings. The van der Waals surface area contributed by atoms with Gasteiger partial charge in [0.15, 0.2) is 0 Å². The zero-order chi connectivity index (χ0) is 14.7. The van der Waals surface area contributed by atoms with Crippen molar-refractivity contribution in [2.75, 3.05) is 19.6 Å². The van der Waals surface area contributed by atoms with Gasteiger partial charge in [0.2, 0.25) is 10.0 Å². The van der Waals surface area contributed by atoms with Crippen molar-refractivity contribution in [2.45, 2.75) is 25.7 Å². The maximum Gasteiger partial charge on any atom is 0.243 e. The van der Waals surface area contributed by atoms with Crippen molar-refractivity contribution in [2.24, 2.45) is 11.1 Å². The SMILES string of the molecule is CCN(CC(C)(C)CN)S(=O)(=O)c1ccc(Cl)cc1. The summed E-state index contributed by atoms with van der Waals surface area (Å²) in [6.07, 6.45) is 0. The van der Waals surface area contributed by atoms with Crippen LogP contribution in [0.2, 0.25) is 5.02 Å². The fourth-order valence-electron chi connectivity index (χ4n) is 1.66. The van der Waals surface area contributed by atoms with Crippen molar-refractivity contribution < 1.29 is 8.42 Å². The highest BCUT2D eigenvalue weighted by atomic mass is 35.5. The van der Waals surface area contributed by atoms with Crippen LogP contribution in [0, 0.1) is 5.41 Å². The van der Waals surface area contributed by atoms with Crippen LogP contribution in [0.3, 0.4) is 0 Å². The Morgan fingerprint density at radius 2 is 1.79 bits per heavy atom. The second kappa shape index (κ2) is 6.22. The fourth-order valence-corrected chi connectivity index (χ4v) is 3.43. The van der Waals surface area contributed by atoms with Crippen LogP contribution < -0.4 is 5.73 Å². The highest BCUT2D eigenvalue weighted by molar-refractivity contribution is 7.89. The molecule has 2 N–H and O–H groups in total. The van der Waals surface area contributed by atoms with Crippen molar-refractivity contribution in [1.82, 2.24) is 4.31 Å². The Balaban J connectivity index is 3.06. The number of rotatable bonds is 6. The lowest BCUT2D eigenvalue weighted by Crippen LogP contribution is -2.41. The molecule has 0 aliphatic rings. The highest BCUT2D eigenvalue weighted by Gasteiger charge is 2.28. The van der Waals surface area contributed by atoms with Crippen LogP contribution in [0.4, 0.5) is 0 Å². The summed E-state index contributed by atoms with van der Waals surface area (Å²) in [5.74, 6) is 0. The van der Waals surface area contributed by atoms with Gasteiger partial charge in [-0.05, 0) is 36.2 Å². The molecule has 0 aliphatic heterocycles. The third-order valence-electron chi connectivity index (χ3n) is 2.96. The number of nitrogens with zero attached hydrogens (tertiary/aromatic N) is 1. The maximum atomic E-state index is 12.5. The van der Waals surface area contributed by atoms with E-state index in [0.29, 0.717) is 24.7 Å². The first-order valence-corrected chi connectivity index (χ1v) is 8.00. The van der Waals surface area contributed by atoms with Gasteiger partial charge in [0.1, 0.15) is 0 Å². The van der Waals surface area contributed by atoms with Crippen LogP contribution in [0.1, 0.15) is 20.8 Å². The summed E-state index contributed by atoms with van der Waals surface area (Å²) in [6.45, 7) is 6.96. The minimum absolute atomic E-state index is 0.254. The molecular formula is C13H21ClN2O2S. The van der Waals surface area contributed by atoms with Gasteiger partial charge in [0.05, 0.1) is 4.90 Å². The standard InChI is InChI=1S/C13H21ClN2O2S/c1-4-16(10-13(2,3)9-15)19(17,18)12-7-5-11(14)6-8-12/h5-8H,4,9-10,15H2,1-3H3. The molecule has 1 rings (SSSR count). The van der Waals surface area contributed by atoms with Crippen LogP contribution in [0.25, 0.3) is 0 Å². The molecule has 0 amide bonds. The number of halogens is 1. The Labute approximate surface area is 120 Å². The molecule has 0 aliphatic carbocycles. The summed E-state index contributed by atoms with van der Waals surface area (Å²) in [6, 6.07) is 6.21. The minimum atomic E-state index is -3.49. The van der Waals surface area contributed by atoms with Crippen LogP contribution in [-0.4, -0.2) is 32.4 Å². The lowest BCUT2D eigenvalue weighted by Gasteiger charge is -2.30. The molecule has 0 radical (unpaired) electrons. The number of nitrogens with two attached hydrogens (primary N) is 1. The van der Waals surface area contributed by atoms with E-state index in [1.165, 1.54) is 16.4 Å². The molecule has 0 spiro atoms. The lowest BCUT2D eigenvalue weighted by molar-refractivity contribution is 0.273. The summed E-state index contributed by atoms with van der Waals surface area (Å²) in [5, 5.41) is 0.518. The molecule has 6 heteroatoms. The Kier molecular flexibility index (Phi) is 5.38. The molecule has 1 aromatic rings. The van der Waals surface area contributed by atoms with Gasteiger partial charge in [-0.2, -0.15) is 4.31 Å². The predicted molar refractivity (Wildman–Crippen MR) is 78.7 cm³/mol. The Morgan fingerprint density at radius 3 is 2.21 bits per heavy atom. The van der Waals surface area contributed by atoms with E-state index in [4.69, 9.17) is 17.3 Å². The van der Waals surface area contributed by atoms with Crippen molar-refractivity contribution in [1.29, 1.82) is 0 Å². The number of benzene rings is 1. The Hall–Kier alpha value is -0.620. The van der Waals surface area contributed by atoms with E-state index < -0.39 is 10.0 Å². The molecule has 0 unspecified atom stereocenters. The van der Waals surface area contributed by atoms with Crippen molar-refractivity contribution in [3.8, 4) is 0 Å². The summed E-state index contributed by atoms with van der Waals surface area (Å²) < 4.78 is 26.5. The summed E-state index contributed by atoms with van der Waals surface area (Å²) in [7, 11) is -3.49. The molecule has 1 aromatic carbocycles. The van der Waals surface area contributed by atoms with E-state index in [0.717, 1.165) is 0 Å². The van der Waals surface area contributed by atoms with Crippen LogP contribution in [0.15, 0.2) is 29.2 Å². The predicted octanol–water partition coefficient (Wildman–Crippen LogP) is 2.34. The zero-order valence-electron chi connectivity index (χ0n) is 11.6. The quantitative estimate of drug-likeness (QED) is 0.877. The minimum Gasteiger partial charge on any atom is -0.330 e. The normalized spacial score (nSPS) is 12.9. The number of sulfonamides is 1. The summed E-state index contributed by atoms with van der Waals surface area (Å²) >= 11 is 5.78. The first kappa shape index (κ1) is 16.4. The van der Waals surface area contributed by atoms with Gasteiger partial charge < -0.3 is 5.73 Å². The van der Waals surface area contributed by atoms with E-state index in [1.807, 2.05) is 20.8 Å². The molecule has 0 heterocycles. The molecule has 0 atom stereocenters. The third-order valence-corrected chi connectivity index (χ3v) is 5.15. The lowest BCUT2D eigenvalue weighted by atomic mass is 9.94. The van der Waals surface area contributed by atoms with E-state index >= 15 is 0 Å². The monoisotopic (exact) mass is 304 g/mol. The van der Waals surface area contributed by atoms with Crippen molar-refractivity contribution in [3.05, 3.63) is 29.3 Å². The van der Waals surface area contributed by atoms with Gasteiger partial charge in [0, 0.05) is 18.1 Å². The van der Waals surface area contributed by atoms with E-state index in [1.54, 1.807) is 12.1 Å².